The molecule has 0 aliphatic rings. The molecule has 17 heavy (non-hydrogen) atoms. The second-order valence-corrected chi connectivity index (χ2v) is 5.04. The molecule has 1 aromatic rings. The molecular formula is C12H15BrFNO2. The number of carboxylic acid groups (broad SMARTS) is 1. The second-order valence-electron chi connectivity index (χ2n) is 4.19. The Hall–Kier alpha value is -0.940. The number of halogens is 2. The number of rotatable bonds is 5. The summed E-state index contributed by atoms with van der Waals surface area (Å²) in [7, 11) is 0. The van der Waals surface area contributed by atoms with Crippen molar-refractivity contribution in [3.63, 3.8) is 0 Å². The van der Waals surface area contributed by atoms with Crippen molar-refractivity contribution in [2.45, 2.75) is 26.4 Å². The summed E-state index contributed by atoms with van der Waals surface area (Å²) in [6, 6.07) is 4.12. The van der Waals surface area contributed by atoms with E-state index >= 15 is 0 Å². The first-order chi connectivity index (χ1) is 7.91. The minimum atomic E-state index is -0.891. The molecule has 1 atom stereocenters. The van der Waals surface area contributed by atoms with Crippen LogP contribution in [0.1, 0.15) is 19.4 Å². The lowest BCUT2D eigenvalue weighted by atomic mass is 10.0. The highest BCUT2D eigenvalue weighted by Crippen LogP contribution is 2.16. The normalized spacial score (nSPS) is 12.8. The van der Waals surface area contributed by atoms with Crippen LogP contribution in [-0.2, 0) is 11.3 Å². The number of hydrogen-bond donors (Lipinski definition) is 2. The average molecular weight is 304 g/mol. The van der Waals surface area contributed by atoms with Crippen molar-refractivity contribution < 1.29 is 14.3 Å². The highest BCUT2D eigenvalue weighted by Gasteiger charge is 2.20. The molecule has 0 aliphatic heterocycles. The molecule has 0 bridgehead atoms. The lowest BCUT2D eigenvalue weighted by molar-refractivity contribution is -0.140. The monoisotopic (exact) mass is 303 g/mol. The van der Waals surface area contributed by atoms with Crippen molar-refractivity contribution in [3.8, 4) is 0 Å². The molecule has 5 heteroatoms. The Morgan fingerprint density at radius 3 is 2.65 bits per heavy atom. The first-order valence-electron chi connectivity index (χ1n) is 5.32. The Kier molecular flexibility index (Phi) is 5.08. The van der Waals surface area contributed by atoms with Gasteiger partial charge in [0.25, 0.3) is 0 Å². The van der Waals surface area contributed by atoms with Crippen LogP contribution >= 0.6 is 15.9 Å². The first-order valence-corrected chi connectivity index (χ1v) is 6.11. The van der Waals surface area contributed by atoms with Crippen LogP contribution in [-0.4, -0.2) is 17.1 Å². The summed E-state index contributed by atoms with van der Waals surface area (Å²) in [6.45, 7) is 3.99. The zero-order valence-electron chi connectivity index (χ0n) is 9.71. The summed E-state index contributed by atoms with van der Waals surface area (Å²) in [5, 5.41) is 11.9. The predicted molar refractivity (Wildman–Crippen MR) is 67.2 cm³/mol. The molecule has 0 fully saturated rings. The maximum Gasteiger partial charge on any atom is 0.320 e. The SMILES string of the molecule is CC(C)C(NCc1ccc(Br)c(F)c1)C(=O)O. The Morgan fingerprint density at radius 1 is 1.53 bits per heavy atom. The van der Waals surface area contributed by atoms with E-state index in [-0.39, 0.29) is 11.7 Å². The minimum Gasteiger partial charge on any atom is -0.480 e. The zero-order chi connectivity index (χ0) is 13.0. The van der Waals surface area contributed by atoms with Gasteiger partial charge in [0.05, 0.1) is 4.47 Å². The molecule has 0 saturated heterocycles. The van der Waals surface area contributed by atoms with Gasteiger partial charge in [0.1, 0.15) is 11.9 Å². The summed E-state index contributed by atoms with van der Waals surface area (Å²) in [6.07, 6.45) is 0. The Labute approximate surface area is 108 Å². The van der Waals surface area contributed by atoms with Gasteiger partial charge in [0.15, 0.2) is 0 Å². The molecule has 0 spiro atoms. The van der Waals surface area contributed by atoms with E-state index in [1.807, 2.05) is 13.8 Å². The van der Waals surface area contributed by atoms with Crippen molar-refractivity contribution >= 4 is 21.9 Å². The van der Waals surface area contributed by atoms with Gasteiger partial charge >= 0.3 is 5.97 Å². The van der Waals surface area contributed by atoms with Gasteiger partial charge in [-0.05, 0) is 39.5 Å². The summed E-state index contributed by atoms with van der Waals surface area (Å²) >= 11 is 3.07. The molecule has 0 radical (unpaired) electrons. The number of carbonyl (C=O) groups is 1. The Balaban J connectivity index is 2.65. The number of aliphatic carboxylic acids is 1. The van der Waals surface area contributed by atoms with Crippen LogP contribution in [0, 0.1) is 11.7 Å². The minimum absolute atomic E-state index is 0.0206. The van der Waals surface area contributed by atoms with Crippen molar-refractivity contribution in [1.29, 1.82) is 0 Å². The average Bonchev–Trinajstić information content (AvgIpc) is 2.22. The maximum atomic E-state index is 13.2. The molecule has 1 aromatic carbocycles. The Bertz CT molecular complexity index is 409. The zero-order valence-corrected chi connectivity index (χ0v) is 11.3. The predicted octanol–water partition coefficient (Wildman–Crippen LogP) is 2.79. The van der Waals surface area contributed by atoms with Crippen LogP contribution in [0.5, 0.6) is 0 Å². The molecule has 0 amide bonds. The molecule has 94 valence electrons. The number of carboxylic acids is 1. The van der Waals surface area contributed by atoms with Crippen molar-refractivity contribution in [2.24, 2.45) is 5.92 Å². The first kappa shape index (κ1) is 14.1. The van der Waals surface area contributed by atoms with Gasteiger partial charge in [0.2, 0.25) is 0 Å². The van der Waals surface area contributed by atoms with E-state index in [9.17, 15) is 9.18 Å². The molecule has 3 nitrogen and oxygen atoms in total. The van der Waals surface area contributed by atoms with Crippen LogP contribution in [0.2, 0.25) is 0 Å². The fourth-order valence-electron chi connectivity index (χ4n) is 1.49. The van der Waals surface area contributed by atoms with Crippen LogP contribution in [0.15, 0.2) is 22.7 Å². The van der Waals surface area contributed by atoms with E-state index in [1.54, 1.807) is 12.1 Å². The third kappa shape index (κ3) is 4.09. The lowest BCUT2D eigenvalue weighted by Gasteiger charge is -2.17. The maximum absolute atomic E-state index is 13.2. The topological polar surface area (TPSA) is 49.3 Å². The van der Waals surface area contributed by atoms with E-state index in [0.29, 0.717) is 11.0 Å². The van der Waals surface area contributed by atoms with Crippen molar-refractivity contribution in [3.05, 3.63) is 34.1 Å². The van der Waals surface area contributed by atoms with E-state index in [1.165, 1.54) is 6.07 Å². The van der Waals surface area contributed by atoms with Crippen molar-refractivity contribution in [1.82, 2.24) is 5.32 Å². The number of nitrogens with one attached hydrogen (secondary N) is 1. The molecule has 0 heterocycles. The number of benzene rings is 1. The highest BCUT2D eigenvalue weighted by atomic mass is 79.9. The molecule has 0 aliphatic carbocycles. The molecular weight excluding hydrogens is 289 g/mol. The molecule has 2 N–H and O–H groups in total. The van der Waals surface area contributed by atoms with E-state index in [0.717, 1.165) is 5.56 Å². The van der Waals surface area contributed by atoms with Crippen molar-refractivity contribution in [2.75, 3.05) is 0 Å². The van der Waals surface area contributed by atoms with Crippen LogP contribution in [0.3, 0.4) is 0 Å². The highest BCUT2D eigenvalue weighted by molar-refractivity contribution is 9.10. The van der Waals surface area contributed by atoms with Gasteiger partial charge in [-0.15, -0.1) is 0 Å². The van der Waals surface area contributed by atoms with Crippen LogP contribution in [0.4, 0.5) is 4.39 Å². The summed E-state index contributed by atoms with van der Waals surface area (Å²) in [4.78, 5) is 10.9. The fourth-order valence-corrected chi connectivity index (χ4v) is 1.73. The molecule has 1 unspecified atom stereocenters. The van der Waals surface area contributed by atoms with Crippen LogP contribution < -0.4 is 5.32 Å². The number of hydrogen-bond acceptors (Lipinski definition) is 2. The van der Waals surface area contributed by atoms with Gasteiger partial charge in [0, 0.05) is 6.54 Å². The third-order valence-corrected chi connectivity index (χ3v) is 3.09. The summed E-state index contributed by atoms with van der Waals surface area (Å²) < 4.78 is 13.6. The smallest absolute Gasteiger partial charge is 0.320 e. The summed E-state index contributed by atoms with van der Waals surface area (Å²) in [5.74, 6) is -1.26. The third-order valence-electron chi connectivity index (χ3n) is 2.44. The van der Waals surface area contributed by atoms with Gasteiger partial charge in [-0.2, -0.15) is 0 Å². The fraction of sp³-hybridized carbons (Fsp3) is 0.417. The molecule has 1 rings (SSSR count). The van der Waals surface area contributed by atoms with E-state index < -0.39 is 12.0 Å². The van der Waals surface area contributed by atoms with Gasteiger partial charge < -0.3 is 10.4 Å². The van der Waals surface area contributed by atoms with E-state index in [2.05, 4.69) is 21.2 Å². The van der Waals surface area contributed by atoms with Gasteiger partial charge in [-0.25, -0.2) is 4.39 Å². The van der Waals surface area contributed by atoms with Crippen LogP contribution in [0.25, 0.3) is 0 Å². The lowest BCUT2D eigenvalue weighted by Crippen LogP contribution is -2.40. The summed E-state index contributed by atoms with van der Waals surface area (Å²) in [5.41, 5.74) is 0.720. The van der Waals surface area contributed by atoms with Gasteiger partial charge in [-0.1, -0.05) is 19.9 Å². The second kappa shape index (κ2) is 6.12. The Morgan fingerprint density at radius 2 is 2.18 bits per heavy atom. The molecule has 0 aromatic heterocycles. The quantitative estimate of drug-likeness (QED) is 0.879. The largest absolute Gasteiger partial charge is 0.480 e. The van der Waals surface area contributed by atoms with Gasteiger partial charge in [-0.3, -0.25) is 4.79 Å². The van der Waals surface area contributed by atoms with E-state index in [4.69, 9.17) is 5.11 Å². The standard InChI is InChI=1S/C12H15BrFNO2/c1-7(2)11(12(16)17)15-6-8-3-4-9(13)10(14)5-8/h3-5,7,11,15H,6H2,1-2H3,(H,16,17). The molecule has 0 saturated carbocycles.